The smallest absolute Gasteiger partial charge is 0.248 e. The maximum Gasteiger partial charge on any atom is 0.248 e. The molecular weight excluding hydrogens is 264 g/mol. The zero-order valence-corrected chi connectivity index (χ0v) is 12.5. The first-order valence-corrected chi connectivity index (χ1v) is 6.75. The summed E-state index contributed by atoms with van der Waals surface area (Å²) in [5.41, 5.74) is 13.1. The van der Waals surface area contributed by atoms with Gasteiger partial charge in [-0.3, -0.25) is 4.79 Å². The van der Waals surface area contributed by atoms with Gasteiger partial charge in [0.1, 0.15) is 11.5 Å². The van der Waals surface area contributed by atoms with Crippen LogP contribution in [0.5, 0.6) is 11.5 Å². The van der Waals surface area contributed by atoms with Crippen molar-refractivity contribution >= 4 is 11.6 Å². The topological polar surface area (TPSA) is 78.3 Å². The third-order valence-corrected chi connectivity index (χ3v) is 3.22. The molecule has 0 fully saturated rings. The molecule has 0 heterocycles. The van der Waals surface area contributed by atoms with Gasteiger partial charge in [0.2, 0.25) is 5.91 Å². The third kappa shape index (κ3) is 3.54. The second-order valence-electron chi connectivity index (χ2n) is 6.00. The van der Waals surface area contributed by atoms with Gasteiger partial charge in [0.05, 0.1) is 5.69 Å². The Morgan fingerprint density at radius 2 is 1.81 bits per heavy atom. The minimum atomic E-state index is -0.511. The van der Waals surface area contributed by atoms with Crippen LogP contribution in [0.15, 0.2) is 42.5 Å². The Balaban J connectivity index is 2.28. The van der Waals surface area contributed by atoms with E-state index in [4.69, 9.17) is 16.2 Å². The van der Waals surface area contributed by atoms with Crippen molar-refractivity contribution in [2.24, 2.45) is 5.73 Å². The van der Waals surface area contributed by atoms with Crippen LogP contribution < -0.4 is 16.2 Å². The average molecular weight is 284 g/mol. The Labute approximate surface area is 124 Å². The van der Waals surface area contributed by atoms with Gasteiger partial charge in [0.15, 0.2) is 0 Å². The van der Waals surface area contributed by atoms with Crippen molar-refractivity contribution in [3.05, 3.63) is 53.6 Å². The minimum Gasteiger partial charge on any atom is -0.455 e. The molecule has 0 aliphatic rings. The standard InChI is InChI=1S/C17H20N2O2/c1-17(2,3)12-5-4-6-13(10-12)21-15-8-7-11(16(19)20)9-14(15)18/h4-10H,18H2,1-3H3,(H2,19,20). The SMILES string of the molecule is CC(C)(C)c1cccc(Oc2ccc(C(N)=O)cc2N)c1. The second-order valence-corrected chi connectivity index (χ2v) is 6.00. The Morgan fingerprint density at radius 3 is 2.38 bits per heavy atom. The first-order valence-electron chi connectivity index (χ1n) is 6.75. The molecule has 4 heteroatoms. The number of anilines is 1. The summed E-state index contributed by atoms with van der Waals surface area (Å²) in [6.45, 7) is 6.42. The molecule has 0 spiro atoms. The van der Waals surface area contributed by atoms with E-state index in [1.807, 2.05) is 18.2 Å². The highest BCUT2D eigenvalue weighted by Crippen LogP contribution is 2.31. The number of nitrogens with two attached hydrogens (primary N) is 2. The summed E-state index contributed by atoms with van der Waals surface area (Å²) in [7, 11) is 0. The van der Waals surface area contributed by atoms with E-state index < -0.39 is 5.91 Å². The Kier molecular flexibility index (Phi) is 3.89. The highest BCUT2D eigenvalue weighted by atomic mass is 16.5. The van der Waals surface area contributed by atoms with E-state index in [9.17, 15) is 4.79 Å². The van der Waals surface area contributed by atoms with E-state index in [1.165, 1.54) is 11.6 Å². The molecule has 1 amide bonds. The molecule has 0 bridgehead atoms. The van der Waals surface area contributed by atoms with E-state index in [1.54, 1.807) is 12.1 Å². The predicted molar refractivity (Wildman–Crippen MR) is 84.6 cm³/mol. The summed E-state index contributed by atoms with van der Waals surface area (Å²) in [5, 5.41) is 0. The molecule has 21 heavy (non-hydrogen) atoms. The Bertz CT molecular complexity index is 673. The molecule has 0 aromatic heterocycles. The van der Waals surface area contributed by atoms with Gasteiger partial charge >= 0.3 is 0 Å². The van der Waals surface area contributed by atoms with Crippen LogP contribution in [0, 0.1) is 0 Å². The van der Waals surface area contributed by atoms with Crippen LogP contribution in [-0.4, -0.2) is 5.91 Å². The van der Waals surface area contributed by atoms with Gasteiger partial charge < -0.3 is 16.2 Å². The van der Waals surface area contributed by atoms with Crippen LogP contribution in [0.1, 0.15) is 36.7 Å². The van der Waals surface area contributed by atoms with Crippen molar-refractivity contribution in [1.29, 1.82) is 0 Å². The number of benzene rings is 2. The number of hydrogen-bond acceptors (Lipinski definition) is 3. The second kappa shape index (κ2) is 5.48. The van der Waals surface area contributed by atoms with Crippen LogP contribution >= 0.6 is 0 Å². The number of rotatable bonds is 3. The van der Waals surface area contributed by atoms with E-state index in [-0.39, 0.29) is 5.41 Å². The lowest BCUT2D eigenvalue weighted by atomic mass is 9.87. The predicted octanol–water partition coefficient (Wildman–Crippen LogP) is 3.46. The molecule has 0 aliphatic carbocycles. The lowest BCUT2D eigenvalue weighted by Crippen LogP contribution is -2.11. The highest BCUT2D eigenvalue weighted by Gasteiger charge is 2.14. The Morgan fingerprint density at radius 1 is 1.10 bits per heavy atom. The number of primary amides is 1. The molecule has 0 unspecified atom stereocenters. The fourth-order valence-electron chi connectivity index (χ4n) is 1.95. The van der Waals surface area contributed by atoms with Crippen LogP contribution in [0.2, 0.25) is 0 Å². The molecule has 2 rings (SSSR count). The fourth-order valence-corrected chi connectivity index (χ4v) is 1.95. The number of hydrogen-bond donors (Lipinski definition) is 2. The molecule has 0 aliphatic heterocycles. The summed E-state index contributed by atoms with van der Waals surface area (Å²) >= 11 is 0. The van der Waals surface area contributed by atoms with E-state index >= 15 is 0 Å². The molecule has 0 radical (unpaired) electrons. The number of nitrogen functional groups attached to an aromatic ring is 1. The van der Waals surface area contributed by atoms with Gasteiger partial charge in [-0.25, -0.2) is 0 Å². The number of carbonyl (C=O) groups excluding carboxylic acids is 1. The first kappa shape index (κ1) is 14.9. The zero-order chi connectivity index (χ0) is 15.6. The van der Waals surface area contributed by atoms with Gasteiger partial charge in [-0.2, -0.15) is 0 Å². The van der Waals surface area contributed by atoms with Crippen LogP contribution in [0.4, 0.5) is 5.69 Å². The van der Waals surface area contributed by atoms with Crippen LogP contribution in [-0.2, 0) is 5.41 Å². The van der Waals surface area contributed by atoms with Crippen molar-refractivity contribution in [1.82, 2.24) is 0 Å². The molecule has 110 valence electrons. The fraction of sp³-hybridized carbons (Fsp3) is 0.235. The van der Waals surface area contributed by atoms with E-state index in [0.717, 1.165) is 0 Å². The van der Waals surface area contributed by atoms with Gasteiger partial charge in [-0.1, -0.05) is 32.9 Å². The molecule has 4 nitrogen and oxygen atoms in total. The zero-order valence-electron chi connectivity index (χ0n) is 12.5. The number of amides is 1. The summed E-state index contributed by atoms with van der Waals surface area (Å²) in [5.74, 6) is 0.704. The van der Waals surface area contributed by atoms with Crippen molar-refractivity contribution in [3.8, 4) is 11.5 Å². The van der Waals surface area contributed by atoms with Crippen molar-refractivity contribution in [2.75, 3.05) is 5.73 Å². The van der Waals surface area contributed by atoms with E-state index in [0.29, 0.717) is 22.7 Å². The third-order valence-electron chi connectivity index (χ3n) is 3.22. The van der Waals surface area contributed by atoms with Gasteiger partial charge in [0.25, 0.3) is 0 Å². The quantitative estimate of drug-likeness (QED) is 0.847. The maximum absolute atomic E-state index is 11.1. The minimum absolute atomic E-state index is 0.0424. The van der Waals surface area contributed by atoms with Crippen LogP contribution in [0.3, 0.4) is 0 Å². The van der Waals surface area contributed by atoms with Crippen molar-refractivity contribution in [2.45, 2.75) is 26.2 Å². The summed E-state index contributed by atoms with van der Waals surface area (Å²) in [6.07, 6.45) is 0. The molecule has 4 N–H and O–H groups in total. The molecule has 2 aromatic carbocycles. The summed E-state index contributed by atoms with van der Waals surface area (Å²) in [4.78, 5) is 11.1. The van der Waals surface area contributed by atoms with Gasteiger partial charge in [-0.15, -0.1) is 0 Å². The highest BCUT2D eigenvalue weighted by molar-refractivity contribution is 5.94. The molecule has 0 saturated carbocycles. The lowest BCUT2D eigenvalue weighted by Gasteiger charge is -2.20. The number of ether oxygens (including phenoxy) is 1. The number of carbonyl (C=O) groups is 1. The first-order chi connectivity index (χ1) is 9.77. The monoisotopic (exact) mass is 284 g/mol. The van der Waals surface area contributed by atoms with Crippen LogP contribution in [0.25, 0.3) is 0 Å². The van der Waals surface area contributed by atoms with Gasteiger partial charge in [-0.05, 0) is 41.3 Å². The molecule has 2 aromatic rings. The summed E-state index contributed by atoms with van der Waals surface area (Å²) < 4.78 is 5.80. The lowest BCUT2D eigenvalue weighted by molar-refractivity contribution is 0.100. The Hall–Kier alpha value is -2.49. The van der Waals surface area contributed by atoms with Crippen molar-refractivity contribution in [3.63, 3.8) is 0 Å². The molecule has 0 atom stereocenters. The maximum atomic E-state index is 11.1. The molecule has 0 saturated heterocycles. The average Bonchev–Trinajstić information content (AvgIpc) is 2.40. The summed E-state index contributed by atoms with van der Waals surface area (Å²) in [6, 6.07) is 12.6. The van der Waals surface area contributed by atoms with E-state index in [2.05, 4.69) is 26.8 Å². The van der Waals surface area contributed by atoms with Crippen molar-refractivity contribution < 1.29 is 9.53 Å². The normalized spacial score (nSPS) is 11.2. The molecular formula is C17H20N2O2. The van der Waals surface area contributed by atoms with Gasteiger partial charge in [0, 0.05) is 5.56 Å². The largest absolute Gasteiger partial charge is 0.455 e.